The van der Waals surface area contributed by atoms with Crippen LogP contribution in [0, 0.1) is 18.7 Å². The molecule has 0 saturated carbocycles. The van der Waals surface area contributed by atoms with Crippen LogP contribution in [0.25, 0.3) is 0 Å². The molecule has 0 heterocycles. The molecule has 0 aliphatic heterocycles. The summed E-state index contributed by atoms with van der Waals surface area (Å²) in [5, 5.41) is 13.8. The molecular formula is C14H19FN2O3. The Kier molecular flexibility index (Phi) is 5.49. The summed E-state index contributed by atoms with van der Waals surface area (Å²) >= 11 is 0. The zero-order valence-corrected chi connectivity index (χ0v) is 11.7. The van der Waals surface area contributed by atoms with Crippen molar-refractivity contribution in [3.63, 3.8) is 0 Å². The van der Waals surface area contributed by atoms with Gasteiger partial charge in [-0.15, -0.1) is 0 Å². The maximum absolute atomic E-state index is 13.2. The van der Waals surface area contributed by atoms with E-state index in [2.05, 4.69) is 10.6 Å². The number of urea groups is 1. The molecule has 20 heavy (non-hydrogen) atoms. The molecule has 110 valence electrons. The molecule has 0 aliphatic rings. The number of anilines is 1. The second kappa shape index (κ2) is 6.88. The van der Waals surface area contributed by atoms with Crippen LogP contribution in [0.1, 0.15) is 25.8 Å². The van der Waals surface area contributed by atoms with Gasteiger partial charge in [-0.05, 0) is 43.0 Å². The maximum Gasteiger partial charge on any atom is 0.326 e. The molecule has 5 nitrogen and oxygen atoms in total. The highest BCUT2D eigenvalue weighted by Gasteiger charge is 2.21. The van der Waals surface area contributed by atoms with Gasteiger partial charge in [0.05, 0.1) is 0 Å². The minimum atomic E-state index is -1.09. The molecule has 0 unspecified atom stereocenters. The fourth-order valence-corrected chi connectivity index (χ4v) is 1.83. The fourth-order valence-electron chi connectivity index (χ4n) is 1.83. The molecule has 1 aromatic rings. The predicted octanol–water partition coefficient (Wildman–Crippen LogP) is 2.75. The van der Waals surface area contributed by atoms with Gasteiger partial charge in [0.2, 0.25) is 0 Å². The second-order valence-corrected chi connectivity index (χ2v) is 5.14. The normalized spacial score (nSPS) is 12.1. The number of carbonyl (C=O) groups is 2. The van der Waals surface area contributed by atoms with E-state index in [-0.39, 0.29) is 11.6 Å². The van der Waals surface area contributed by atoms with Gasteiger partial charge in [-0.25, -0.2) is 14.0 Å². The van der Waals surface area contributed by atoms with Gasteiger partial charge in [0.25, 0.3) is 0 Å². The predicted molar refractivity (Wildman–Crippen MR) is 74.2 cm³/mol. The van der Waals surface area contributed by atoms with E-state index in [1.54, 1.807) is 13.0 Å². The lowest BCUT2D eigenvalue weighted by Crippen LogP contribution is -2.43. The Morgan fingerprint density at radius 1 is 1.30 bits per heavy atom. The van der Waals surface area contributed by atoms with E-state index in [4.69, 9.17) is 5.11 Å². The van der Waals surface area contributed by atoms with E-state index >= 15 is 0 Å². The van der Waals surface area contributed by atoms with Crippen LogP contribution in [-0.4, -0.2) is 23.1 Å². The third kappa shape index (κ3) is 5.26. The number of nitrogens with one attached hydrogen (secondary N) is 2. The van der Waals surface area contributed by atoms with Gasteiger partial charge >= 0.3 is 12.0 Å². The lowest BCUT2D eigenvalue weighted by Gasteiger charge is -2.17. The number of halogens is 1. The number of carboxylic acid groups (broad SMARTS) is 1. The minimum absolute atomic E-state index is 0.132. The van der Waals surface area contributed by atoms with Crippen LogP contribution in [0.5, 0.6) is 0 Å². The molecule has 0 saturated heterocycles. The number of benzene rings is 1. The Bertz CT molecular complexity index is 483. The summed E-state index contributed by atoms with van der Waals surface area (Å²) in [6.45, 7) is 5.43. The molecule has 1 aromatic carbocycles. The molecule has 2 amide bonds. The van der Waals surface area contributed by atoms with Crippen LogP contribution in [0.2, 0.25) is 0 Å². The van der Waals surface area contributed by atoms with Gasteiger partial charge in [0, 0.05) is 5.69 Å². The van der Waals surface area contributed by atoms with Crippen LogP contribution < -0.4 is 10.6 Å². The third-order valence-corrected chi connectivity index (χ3v) is 2.61. The monoisotopic (exact) mass is 282 g/mol. The Morgan fingerprint density at radius 2 is 1.95 bits per heavy atom. The van der Waals surface area contributed by atoms with Crippen LogP contribution >= 0.6 is 0 Å². The van der Waals surface area contributed by atoms with Crippen molar-refractivity contribution < 1.29 is 19.1 Å². The minimum Gasteiger partial charge on any atom is -0.480 e. The summed E-state index contributed by atoms with van der Waals surface area (Å²) in [6.07, 6.45) is 0.324. The second-order valence-electron chi connectivity index (χ2n) is 5.14. The van der Waals surface area contributed by atoms with Gasteiger partial charge in [-0.1, -0.05) is 13.8 Å². The summed E-state index contributed by atoms with van der Waals surface area (Å²) in [5.41, 5.74) is 0.950. The number of amides is 2. The average molecular weight is 282 g/mol. The topological polar surface area (TPSA) is 78.4 Å². The van der Waals surface area contributed by atoms with Crippen LogP contribution in [0.15, 0.2) is 18.2 Å². The van der Waals surface area contributed by atoms with E-state index in [1.807, 2.05) is 13.8 Å². The lowest BCUT2D eigenvalue weighted by molar-refractivity contribution is -0.139. The first kappa shape index (κ1) is 15.9. The molecular weight excluding hydrogens is 263 g/mol. The van der Waals surface area contributed by atoms with Gasteiger partial charge in [0.15, 0.2) is 0 Å². The number of hydrogen-bond acceptors (Lipinski definition) is 2. The van der Waals surface area contributed by atoms with E-state index in [9.17, 15) is 14.0 Å². The quantitative estimate of drug-likeness (QED) is 0.777. The molecule has 1 atom stereocenters. The van der Waals surface area contributed by atoms with E-state index in [0.717, 1.165) is 0 Å². The Hall–Kier alpha value is -2.11. The first-order valence-electron chi connectivity index (χ1n) is 6.35. The first-order chi connectivity index (χ1) is 9.27. The van der Waals surface area contributed by atoms with Crippen LogP contribution in [0.3, 0.4) is 0 Å². The molecule has 0 aliphatic carbocycles. The van der Waals surface area contributed by atoms with Crippen molar-refractivity contribution >= 4 is 17.7 Å². The number of carbonyl (C=O) groups excluding carboxylic acids is 1. The fraction of sp³-hybridized carbons (Fsp3) is 0.429. The molecule has 0 radical (unpaired) electrons. The number of aryl methyl sites for hydroxylation is 1. The average Bonchev–Trinajstić information content (AvgIpc) is 2.25. The molecule has 0 fully saturated rings. The Balaban J connectivity index is 2.68. The van der Waals surface area contributed by atoms with Crippen molar-refractivity contribution in [2.75, 3.05) is 5.32 Å². The summed E-state index contributed by atoms with van der Waals surface area (Å²) in [4.78, 5) is 22.8. The van der Waals surface area contributed by atoms with Crippen molar-refractivity contribution in [2.24, 2.45) is 5.92 Å². The van der Waals surface area contributed by atoms with Crippen molar-refractivity contribution in [3.05, 3.63) is 29.6 Å². The van der Waals surface area contributed by atoms with E-state index in [1.165, 1.54) is 12.1 Å². The van der Waals surface area contributed by atoms with Gasteiger partial charge in [0.1, 0.15) is 11.9 Å². The number of carboxylic acids is 1. The van der Waals surface area contributed by atoms with Gasteiger partial charge in [-0.3, -0.25) is 0 Å². The van der Waals surface area contributed by atoms with E-state index < -0.39 is 23.9 Å². The Labute approximate surface area is 117 Å². The summed E-state index contributed by atoms with van der Waals surface area (Å²) < 4.78 is 13.2. The zero-order valence-electron chi connectivity index (χ0n) is 11.7. The number of rotatable bonds is 5. The highest BCUT2D eigenvalue weighted by atomic mass is 19.1. The SMILES string of the molecule is Cc1cc(F)cc(NC(=O)N[C@@H](CC(C)C)C(=O)O)c1. The van der Waals surface area contributed by atoms with Gasteiger partial charge < -0.3 is 15.7 Å². The van der Waals surface area contributed by atoms with Crippen molar-refractivity contribution in [2.45, 2.75) is 33.2 Å². The number of aliphatic carboxylic acids is 1. The first-order valence-corrected chi connectivity index (χ1v) is 6.35. The van der Waals surface area contributed by atoms with E-state index in [0.29, 0.717) is 12.0 Å². The molecule has 3 N–H and O–H groups in total. The summed E-state index contributed by atoms with van der Waals surface area (Å²) in [6, 6.07) is 2.47. The molecule has 1 rings (SSSR count). The molecule has 0 aromatic heterocycles. The number of hydrogen-bond donors (Lipinski definition) is 3. The molecule has 0 spiro atoms. The summed E-state index contributed by atoms with van der Waals surface area (Å²) in [5.74, 6) is -1.42. The standard InChI is InChI=1S/C14H19FN2O3/c1-8(2)4-12(13(18)19)17-14(20)16-11-6-9(3)5-10(15)7-11/h5-8,12H,4H2,1-3H3,(H,18,19)(H2,16,17,20)/t12-/m0/s1. The highest BCUT2D eigenvalue weighted by Crippen LogP contribution is 2.13. The van der Waals surface area contributed by atoms with Crippen LogP contribution in [-0.2, 0) is 4.79 Å². The van der Waals surface area contributed by atoms with Crippen molar-refractivity contribution in [3.8, 4) is 0 Å². The van der Waals surface area contributed by atoms with Crippen molar-refractivity contribution in [1.82, 2.24) is 5.32 Å². The highest BCUT2D eigenvalue weighted by molar-refractivity contribution is 5.92. The van der Waals surface area contributed by atoms with Gasteiger partial charge in [-0.2, -0.15) is 0 Å². The maximum atomic E-state index is 13.2. The molecule has 6 heteroatoms. The lowest BCUT2D eigenvalue weighted by atomic mass is 10.0. The Morgan fingerprint density at radius 3 is 2.45 bits per heavy atom. The largest absolute Gasteiger partial charge is 0.480 e. The van der Waals surface area contributed by atoms with Crippen molar-refractivity contribution in [1.29, 1.82) is 0 Å². The molecule has 0 bridgehead atoms. The van der Waals surface area contributed by atoms with Crippen LogP contribution in [0.4, 0.5) is 14.9 Å². The summed E-state index contributed by atoms with van der Waals surface area (Å²) in [7, 11) is 0. The zero-order chi connectivity index (χ0) is 15.3. The third-order valence-electron chi connectivity index (χ3n) is 2.61. The smallest absolute Gasteiger partial charge is 0.326 e.